The fraction of sp³-hybridized carbons (Fsp3) is 0.611. The van der Waals surface area contributed by atoms with Crippen LogP contribution in [-0.4, -0.2) is 17.7 Å². The molecule has 1 amide bonds. The first-order valence-corrected chi connectivity index (χ1v) is 7.86. The maximum Gasteiger partial charge on any atom is 0.407 e. The lowest BCUT2D eigenvalue weighted by atomic mass is 9.67. The third kappa shape index (κ3) is 3.99. The summed E-state index contributed by atoms with van der Waals surface area (Å²) in [4.78, 5) is 12.1. The maximum atomic E-state index is 12.1. The Morgan fingerprint density at radius 1 is 1.24 bits per heavy atom. The number of benzene rings is 1. The molecule has 0 bridgehead atoms. The molecule has 1 aromatic rings. The number of ether oxygens (including phenoxy) is 1. The van der Waals surface area contributed by atoms with E-state index >= 15 is 0 Å². The maximum absolute atomic E-state index is 12.1. The van der Waals surface area contributed by atoms with Gasteiger partial charge in [0.1, 0.15) is 5.60 Å². The first-order valence-electron chi connectivity index (χ1n) is 7.86. The van der Waals surface area contributed by atoms with Gasteiger partial charge in [-0.05, 0) is 39.2 Å². The van der Waals surface area contributed by atoms with Crippen molar-refractivity contribution in [2.24, 2.45) is 0 Å². The van der Waals surface area contributed by atoms with Gasteiger partial charge in [0.2, 0.25) is 0 Å². The number of nitrogens with one attached hydrogen (secondary N) is 1. The van der Waals surface area contributed by atoms with Crippen LogP contribution in [0.3, 0.4) is 0 Å². The van der Waals surface area contributed by atoms with Crippen molar-refractivity contribution in [1.82, 2.24) is 5.32 Å². The van der Waals surface area contributed by atoms with Crippen LogP contribution in [0.25, 0.3) is 0 Å². The molecule has 2 rings (SSSR count). The normalized spacial score (nSPS) is 26.2. The largest absolute Gasteiger partial charge is 0.444 e. The molecule has 1 fully saturated rings. The fourth-order valence-electron chi connectivity index (χ4n) is 3.18. The first kappa shape index (κ1) is 15.9. The summed E-state index contributed by atoms with van der Waals surface area (Å²) in [6.07, 6.45) is 4.15. The molecule has 0 spiro atoms. The highest BCUT2D eigenvalue weighted by molar-refractivity contribution is 5.68. The predicted octanol–water partition coefficient (Wildman–Crippen LogP) is 4.41. The molecule has 2 atom stereocenters. The molecule has 0 heterocycles. The summed E-state index contributed by atoms with van der Waals surface area (Å²) in [6, 6.07) is 10.6. The number of hydrogen-bond donors (Lipinski definition) is 1. The van der Waals surface area contributed by atoms with Gasteiger partial charge in [0.15, 0.2) is 0 Å². The minimum atomic E-state index is -0.456. The van der Waals surface area contributed by atoms with Gasteiger partial charge in [0, 0.05) is 11.5 Å². The zero-order chi connectivity index (χ0) is 15.5. The predicted molar refractivity (Wildman–Crippen MR) is 85.4 cm³/mol. The average molecular weight is 289 g/mol. The third-order valence-corrected chi connectivity index (χ3v) is 4.33. The zero-order valence-electron chi connectivity index (χ0n) is 13.6. The minimum Gasteiger partial charge on any atom is -0.444 e. The molecule has 1 N–H and O–H groups in total. The smallest absolute Gasteiger partial charge is 0.407 e. The van der Waals surface area contributed by atoms with E-state index in [0.29, 0.717) is 0 Å². The molecule has 1 unspecified atom stereocenters. The molecular weight excluding hydrogens is 262 g/mol. The Kier molecular flexibility index (Phi) is 4.60. The van der Waals surface area contributed by atoms with E-state index in [2.05, 4.69) is 36.5 Å². The number of carbonyl (C=O) groups excluding carboxylic acids is 1. The van der Waals surface area contributed by atoms with E-state index in [4.69, 9.17) is 4.74 Å². The van der Waals surface area contributed by atoms with Crippen LogP contribution in [0.1, 0.15) is 58.9 Å². The van der Waals surface area contributed by atoms with Gasteiger partial charge in [-0.1, -0.05) is 50.1 Å². The van der Waals surface area contributed by atoms with E-state index in [1.807, 2.05) is 26.8 Å². The highest BCUT2D eigenvalue weighted by Gasteiger charge is 2.39. The molecule has 0 radical (unpaired) electrons. The molecule has 1 aliphatic carbocycles. The molecule has 0 saturated heterocycles. The molecule has 1 aromatic carbocycles. The van der Waals surface area contributed by atoms with E-state index in [1.165, 1.54) is 12.0 Å². The van der Waals surface area contributed by atoms with Crippen molar-refractivity contribution in [3.8, 4) is 0 Å². The number of rotatable bonds is 2. The summed E-state index contributed by atoms with van der Waals surface area (Å²) in [5.41, 5.74) is 0.823. The Morgan fingerprint density at radius 2 is 1.90 bits per heavy atom. The lowest BCUT2D eigenvalue weighted by Gasteiger charge is -2.42. The molecular formula is C18H27NO2. The average Bonchev–Trinajstić information content (AvgIpc) is 2.40. The molecule has 3 heteroatoms. The van der Waals surface area contributed by atoms with Gasteiger partial charge in [-0.25, -0.2) is 4.79 Å². The van der Waals surface area contributed by atoms with Gasteiger partial charge in [-0.2, -0.15) is 0 Å². The van der Waals surface area contributed by atoms with Gasteiger partial charge >= 0.3 is 6.09 Å². The van der Waals surface area contributed by atoms with E-state index in [1.54, 1.807) is 0 Å². The summed E-state index contributed by atoms with van der Waals surface area (Å²) in [5.74, 6) is 0. The van der Waals surface area contributed by atoms with Gasteiger partial charge in [-0.15, -0.1) is 0 Å². The van der Waals surface area contributed by atoms with Crippen molar-refractivity contribution in [3.05, 3.63) is 35.9 Å². The Labute approximate surface area is 128 Å². The van der Waals surface area contributed by atoms with Crippen LogP contribution in [0.5, 0.6) is 0 Å². The quantitative estimate of drug-likeness (QED) is 0.875. The zero-order valence-corrected chi connectivity index (χ0v) is 13.6. The van der Waals surface area contributed by atoms with Gasteiger partial charge in [0.05, 0.1) is 0 Å². The van der Waals surface area contributed by atoms with Crippen molar-refractivity contribution >= 4 is 6.09 Å². The molecule has 21 heavy (non-hydrogen) atoms. The number of hydrogen-bond acceptors (Lipinski definition) is 2. The van der Waals surface area contributed by atoms with Crippen LogP contribution in [0, 0.1) is 0 Å². The molecule has 0 aromatic heterocycles. The van der Waals surface area contributed by atoms with E-state index in [9.17, 15) is 4.79 Å². The van der Waals surface area contributed by atoms with E-state index in [0.717, 1.165) is 19.3 Å². The minimum absolute atomic E-state index is 0.0174. The summed E-state index contributed by atoms with van der Waals surface area (Å²) >= 11 is 0. The van der Waals surface area contributed by atoms with Gasteiger partial charge in [-0.3, -0.25) is 0 Å². The van der Waals surface area contributed by atoms with Crippen molar-refractivity contribution in [2.45, 2.75) is 70.4 Å². The summed E-state index contributed by atoms with van der Waals surface area (Å²) in [5, 5.41) is 3.10. The third-order valence-electron chi connectivity index (χ3n) is 4.33. The fourth-order valence-corrected chi connectivity index (χ4v) is 3.18. The first-order chi connectivity index (χ1) is 9.81. The summed E-state index contributed by atoms with van der Waals surface area (Å²) in [6.45, 7) is 7.93. The Hall–Kier alpha value is -1.51. The molecule has 1 aliphatic rings. The molecule has 3 nitrogen and oxygen atoms in total. The second kappa shape index (κ2) is 6.08. The van der Waals surface area contributed by atoms with Crippen LogP contribution in [0.4, 0.5) is 4.79 Å². The highest BCUT2D eigenvalue weighted by Crippen LogP contribution is 2.39. The lowest BCUT2D eigenvalue weighted by molar-refractivity contribution is 0.0457. The van der Waals surface area contributed by atoms with Crippen LogP contribution >= 0.6 is 0 Å². The lowest BCUT2D eigenvalue weighted by Crippen LogP contribution is -2.51. The van der Waals surface area contributed by atoms with Crippen molar-refractivity contribution < 1.29 is 9.53 Å². The van der Waals surface area contributed by atoms with Gasteiger partial charge in [0.25, 0.3) is 0 Å². The highest BCUT2D eigenvalue weighted by atomic mass is 16.6. The van der Waals surface area contributed by atoms with Gasteiger partial charge < -0.3 is 10.1 Å². The topological polar surface area (TPSA) is 38.3 Å². The van der Waals surface area contributed by atoms with E-state index in [-0.39, 0.29) is 17.6 Å². The van der Waals surface area contributed by atoms with Crippen molar-refractivity contribution in [1.29, 1.82) is 0 Å². The SMILES string of the molecule is CC(C)(C)OC(=O)N[C@@H]1CCCCC1(C)c1ccccc1. The van der Waals surface area contributed by atoms with Crippen molar-refractivity contribution in [3.63, 3.8) is 0 Å². The monoisotopic (exact) mass is 289 g/mol. The van der Waals surface area contributed by atoms with Crippen LogP contribution in [0.2, 0.25) is 0 Å². The standard InChI is InChI=1S/C18H27NO2/c1-17(2,3)21-16(20)19-15-12-8-9-13-18(15,4)14-10-6-5-7-11-14/h5-7,10-11,15H,8-9,12-13H2,1-4H3,(H,19,20)/t15-,18?/m1/s1. The molecule has 1 saturated carbocycles. The Bertz CT molecular complexity index is 478. The van der Waals surface area contributed by atoms with Crippen molar-refractivity contribution in [2.75, 3.05) is 0 Å². The summed E-state index contributed by atoms with van der Waals surface area (Å²) < 4.78 is 5.42. The van der Waals surface area contributed by atoms with Crippen LogP contribution in [0.15, 0.2) is 30.3 Å². The second-order valence-electron chi connectivity index (χ2n) is 7.23. The van der Waals surface area contributed by atoms with Crippen LogP contribution in [-0.2, 0) is 10.2 Å². The molecule has 116 valence electrons. The van der Waals surface area contributed by atoms with Crippen LogP contribution < -0.4 is 5.32 Å². The van der Waals surface area contributed by atoms with E-state index < -0.39 is 5.60 Å². The Morgan fingerprint density at radius 3 is 2.52 bits per heavy atom. The second-order valence-corrected chi connectivity index (χ2v) is 7.23. The Balaban J connectivity index is 2.14. The molecule has 0 aliphatic heterocycles. The summed E-state index contributed by atoms with van der Waals surface area (Å²) in [7, 11) is 0. The number of carbonyl (C=O) groups is 1. The number of amides is 1. The number of alkyl carbamates (subject to hydrolysis) is 1.